The number of aliphatic hydroxyl groups excluding tert-OH is 1. The zero-order valence-electron chi connectivity index (χ0n) is 14.9. The fraction of sp³-hybridized carbons (Fsp3) is 0.562. The van der Waals surface area contributed by atoms with Crippen LogP contribution in [-0.2, 0) is 28.7 Å². The van der Waals surface area contributed by atoms with Crippen LogP contribution in [0.15, 0.2) is 11.3 Å². The van der Waals surface area contributed by atoms with Crippen molar-refractivity contribution < 1.29 is 44.0 Å². The topological polar surface area (TPSA) is 171 Å². The molecule has 2 heterocycles. The molecule has 12 heteroatoms. The number of carboxylic acids is 2. The normalized spacial score (nSPS) is 22.1. The Morgan fingerprint density at radius 3 is 2.57 bits per heavy atom. The number of carbonyl (C=O) groups excluding carboxylic acids is 3. The lowest BCUT2D eigenvalue weighted by Gasteiger charge is -2.49. The number of carboxylic acid groups (broad SMARTS) is 2. The van der Waals surface area contributed by atoms with Crippen LogP contribution < -0.4 is 5.32 Å². The van der Waals surface area contributed by atoms with Crippen molar-refractivity contribution in [3.8, 4) is 0 Å². The molecule has 154 valence electrons. The van der Waals surface area contributed by atoms with Crippen LogP contribution in [-0.4, -0.2) is 79.8 Å². The summed E-state index contributed by atoms with van der Waals surface area (Å²) < 4.78 is 4.83. The first-order chi connectivity index (χ1) is 13.1. The van der Waals surface area contributed by atoms with E-state index in [4.69, 9.17) is 9.84 Å². The lowest BCUT2D eigenvalue weighted by atomic mass is 10.0. The number of amides is 2. The van der Waals surface area contributed by atoms with E-state index in [2.05, 4.69) is 5.32 Å². The summed E-state index contributed by atoms with van der Waals surface area (Å²) in [5.74, 6) is -4.13. The number of aliphatic hydroxyl groups is 1. The summed E-state index contributed by atoms with van der Waals surface area (Å²) in [6, 6.07) is -0.897. The number of β-lactam (4-membered cyclic amide) rings is 1. The molecule has 0 aromatic rings. The van der Waals surface area contributed by atoms with Crippen molar-refractivity contribution in [1.82, 2.24) is 10.2 Å². The molecule has 0 aromatic heterocycles. The summed E-state index contributed by atoms with van der Waals surface area (Å²) in [6.07, 6.45) is -1.61. The fourth-order valence-electron chi connectivity index (χ4n) is 2.81. The molecule has 2 aliphatic heterocycles. The van der Waals surface area contributed by atoms with E-state index in [1.165, 1.54) is 18.7 Å². The van der Waals surface area contributed by atoms with Gasteiger partial charge in [0.25, 0.3) is 5.91 Å². The molecule has 1 fully saturated rings. The third-order valence-electron chi connectivity index (χ3n) is 4.18. The number of esters is 1. The van der Waals surface area contributed by atoms with Crippen LogP contribution in [0, 0.1) is 0 Å². The molecule has 1 saturated heterocycles. The summed E-state index contributed by atoms with van der Waals surface area (Å²) in [4.78, 5) is 58.5. The molecule has 0 aromatic carbocycles. The Morgan fingerprint density at radius 2 is 2.00 bits per heavy atom. The Hall–Kier alpha value is -2.60. The van der Waals surface area contributed by atoms with E-state index < -0.39 is 47.2 Å². The number of aliphatic carboxylic acids is 2. The number of thioether (sulfide) groups is 1. The van der Waals surface area contributed by atoms with Gasteiger partial charge in [-0.25, -0.2) is 9.59 Å². The van der Waals surface area contributed by atoms with Crippen LogP contribution in [0.1, 0.15) is 26.2 Å². The molecule has 0 aliphatic carbocycles. The highest BCUT2D eigenvalue weighted by atomic mass is 32.2. The summed E-state index contributed by atoms with van der Waals surface area (Å²) >= 11 is 1.24. The molecule has 0 spiro atoms. The molecular formula is C16H20N2O9S. The number of nitrogens with one attached hydrogen (secondary N) is 1. The molecule has 0 bridgehead atoms. The van der Waals surface area contributed by atoms with Crippen molar-refractivity contribution in [1.29, 1.82) is 0 Å². The van der Waals surface area contributed by atoms with Gasteiger partial charge >= 0.3 is 17.9 Å². The van der Waals surface area contributed by atoms with Gasteiger partial charge in [-0.05, 0) is 12.8 Å². The Labute approximate surface area is 163 Å². The summed E-state index contributed by atoms with van der Waals surface area (Å²) in [5.41, 5.74) is 0.0508. The van der Waals surface area contributed by atoms with Gasteiger partial charge in [-0.1, -0.05) is 0 Å². The first-order valence-electron chi connectivity index (χ1n) is 8.37. The van der Waals surface area contributed by atoms with Crippen molar-refractivity contribution in [2.75, 3.05) is 12.4 Å². The Bertz CT molecular complexity index is 736. The average Bonchev–Trinajstić information content (AvgIpc) is 2.62. The highest BCUT2D eigenvalue weighted by Gasteiger charge is 2.54. The predicted octanol–water partition coefficient (Wildman–Crippen LogP) is -1.10. The zero-order chi connectivity index (χ0) is 21.0. The van der Waals surface area contributed by atoms with Crippen LogP contribution >= 0.6 is 11.8 Å². The quantitative estimate of drug-likeness (QED) is 0.267. The van der Waals surface area contributed by atoms with E-state index in [9.17, 15) is 34.2 Å². The van der Waals surface area contributed by atoms with Gasteiger partial charge in [0.15, 0.2) is 6.10 Å². The van der Waals surface area contributed by atoms with Gasteiger partial charge in [0.2, 0.25) is 5.91 Å². The van der Waals surface area contributed by atoms with Gasteiger partial charge in [-0.15, -0.1) is 11.8 Å². The molecular weight excluding hydrogens is 396 g/mol. The average molecular weight is 416 g/mol. The molecule has 28 heavy (non-hydrogen) atoms. The minimum Gasteiger partial charge on any atom is -0.479 e. The van der Waals surface area contributed by atoms with E-state index in [1.807, 2.05) is 0 Å². The highest BCUT2D eigenvalue weighted by molar-refractivity contribution is 8.00. The van der Waals surface area contributed by atoms with Crippen LogP contribution in [0.5, 0.6) is 0 Å². The number of rotatable bonds is 9. The van der Waals surface area contributed by atoms with Crippen LogP contribution in [0.4, 0.5) is 0 Å². The largest absolute Gasteiger partial charge is 0.479 e. The molecule has 2 rings (SSSR count). The SMILES string of the molecule is CC(=O)OCC1=C(C(=O)O)N2C(=O)C(NC(=O)CCCC(O)C(=O)O)[C@H]2SC1. The van der Waals surface area contributed by atoms with Gasteiger partial charge in [-0.3, -0.25) is 19.3 Å². The van der Waals surface area contributed by atoms with Gasteiger partial charge in [-0.2, -0.15) is 0 Å². The van der Waals surface area contributed by atoms with E-state index in [0.717, 1.165) is 4.90 Å². The zero-order valence-corrected chi connectivity index (χ0v) is 15.7. The number of carbonyl (C=O) groups is 5. The van der Waals surface area contributed by atoms with Crippen molar-refractivity contribution in [3.05, 3.63) is 11.3 Å². The molecule has 0 saturated carbocycles. The molecule has 11 nitrogen and oxygen atoms in total. The van der Waals surface area contributed by atoms with Crippen molar-refractivity contribution in [2.45, 2.75) is 43.7 Å². The Kier molecular flexibility index (Phi) is 7.02. The minimum atomic E-state index is -1.55. The second-order valence-electron chi connectivity index (χ2n) is 6.24. The van der Waals surface area contributed by atoms with E-state index >= 15 is 0 Å². The smallest absolute Gasteiger partial charge is 0.352 e. The lowest BCUT2D eigenvalue weighted by molar-refractivity contribution is -0.151. The summed E-state index contributed by atoms with van der Waals surface area (Å²) in [7, 11) is 0. The van der Waals surface area contributed by atoms with Gasteiger partial charge in [0, 0.05) is 24.7 Å². The van der Waals surface area contributed by atoms with Gasteiger partial charge in [0.1, 0.15) is 23.7 Å². The van der Waals surface area contributed by atoms with E-state index in [0.29, 0.717) is 5.57 Å². The molecule has 2 aliphatic rings. The van der Waals surface area contributed by atoms with Gasteiger partial charge in [0.05, 0.1) is 0 Å². The molecule has 2 unspecified atom stereocenters. The third kappa shape index (κ3) is 4.81. The minimum absolute atomic E-state index is 0.0785. The maximum Gasteiger partial charge on any atom is 0.352 e. The summed E-state index contributed by atoms with van der Waals surface area (Å²) in [6.45, 7) is 0.957. The number of fused-ring (bicyclic) bond motifs is 1. The summed E-state index contributed by atoms with van der Waals surface area (Å²) in [5, 5.41) is 29.1. The maximum absolute atomic E-state index is 12.4. The van der Waals surface area contributed by atoms with E-state index in [1.54, 1.807) is 0 Å². The Morgan fingerprint density at radius 1 is 1.32 bits per heavy atom. The number of ether oxygens (including phenoxy) is 1. The second kappa shape index (κ2) is 9.06. The Balaban J connectivity index is 1.96. The monoisotopic (exact) mass is 416 g/mol. The molecule has 3 atom stereocenters. The van der Waals surface area contributed by atoms with Crippen molar-refractivity contribution >= 4 is 41.5 Å². The van der Waals surface area contributed by atoms with Crippen LogP contribution in [0.25, 0.3) is 0 Å². The van der Waals surface area contributed by atoms with Crippen molar-refractivity contribution in [2.24, 2.45) is 0 Å². The van der Waals surface area contributed by atoms with Crippen LogP contribution in [0.3, 0.4) is 0 Å². The van der Waals surface area contributed by atoms with Gasteiger partial charge < -0.3 is 25.4 Å². The van der Waals surface area contributed by atoms with E-state index in [-0.39, 0.29) is 37.3 Å². The number of hydrogen-bond acceptors (Lipinski definition) is 8. The highest BCUT2D eigenvalue weighted by Crippen LogP contribution is 2.40. The number of hydrogen-bond donors (Lipinski definition) is 4. The molecule has 4 N–H and O–H groups in total. The molecule has 0 radical (unpaired) electrons. The first-order valence-corrected chi connectivity index (χ1v) is 9.42. The predicted molar refractivity (Wildman–Crippen MR) is 93.8 cm³/mol. The van der Waals surface area contributed by atoms with Crippen LogP contribution in [0.2, 0.25) is 0 Å². The first kappa shape index (κ1) is 21.7. The second-order valence-corrected chi connectivity index (χ2v) is 7.34. The standard InChI is InChI=1S/C16H20N2O9S/c1-7(19)27-5-8-6-28-14-11(13(22)18(14)12(8)16(25)26)17-10(21)4-2-3-9(20)15(23)24/h9,11,14,20H,2-6H2,1H3,(H,17,21)(H,23,24)(H,25,26)/t9?,11?,14-/m1/s1. The maximum atomic E-state index is 12.4. The number of nitrogens with zero attached hydrogens (tertiary/aromatic N) is 1. The van der Waals surface area contributed by atoms with Crippen molar-refractivity contribution in [3.63, 3.8) is 0 Å². The third-order valence-corrected chi connectivity index (χ3v) is 5.52. The molecule has 2 amide bonds. The fourth-order valence-corrected chi connectivity index (χ4v) is 4.14. The lowest BCUT2D eigenvalue weighted by Crippen LogP contribution is -2.70.